The van der Waals surface area contributed by atoms with Crippen molar-refractivity contribution in [1.82, 2.24) is 0 Å². The van der Waals surface area contributed by atoms with Crippen molar-refractivity contribution >= 4 is 11.5 Å². The van der Waals surface area contributed by atoms with Crippen LogP contribution >= 0.6 is 0 Å². The lowest BCUT2D eigenvalue weighted by atomic mass is 9.96. The Kier molecular flexibility index (Phi) is 3.52. The molecule has 0 aliphatic heterocycles. The number of carbonyl (C=O) groups excluding carboxylic acids is 1. The second-order valence-corrected chi connectivity index (χ2v) is 4.76. The van der Waals surface area contributed by atoms with Crippen LogP contribution in [0.5, 0.6) is 0 Å². The zero-order valence-corrected chi connectivity index (χ0v) is 11.4. The molecular weight excluding hydrogens is 260 g/mol. The van der Waals surface area contributed by atoms with Gasteiger partial charge in [0.05, 0.1) is 0 Å². The largest absolute Gasteiger partial charge is 0.507 e. The van der Waals surface area contributed by atoms with Gasteiger partial charge in [0, 0.05) is 22.3 Å². The van der Waals surface area contributed by atoms with Crippen LogP contribution in [-0.4, -0.2) is 10.9 Å². The van der Waals surface area contributed by atoms with Crippen LogP contribution in [0, 0.1) is 0 Å². The number of benzene rings is 2. The summed E-state index contributed by atoms with van der Waals surface area (Å²) in [5.74, 6) is 0.0398. The van der Waals surface area contributed by atoms with Gasteiger partial charge in [-0.25, -0.2) is 0 Å². The van der Waals surface area contributed by atoms with E-state index in [0.717, 1.165) is 0 Å². The van der Waals surface area contributed by atoms with E-state index < -0.39 is 0 Å². The van der Waals surface area contributed by atoms with Crippen molar-refractivity contribution in [3.8, 4) is 0 Å². The van der Waals surface area contributed by atoms with Gasteiger partial charge in [0.15, 0.2) is 5.78 Å². The van der Waals surface area contributed by atoms with E-state index in [1.54, 1.807) is 30.4 Å². The predicted octanol–water partition coefficient (Wildman–Crippen LogP) is 4.33. The lowest BCUT2D eigenvalue weighted by Crippen LogP contribution is -2.05. The third kappa shape index (κ3) is 2.56. The van der Waals surface area contributed by atoms with Gasteiger partial charge in [-0.05, 0) is 0 Å². The fourth-order valence-electron chi connectivity index (χ4n) is 2.32. The molecule has 3 rings (SSSR count). The fourth-order valence-corrected chi connectivity index (χ4v) is 2.32. The SMILES string of the molecule is O=C(C1=CC=CC1=C(O)c1ccccc1)c1ccccc1. The molecule has 0 unspecified atom stereocenters. The van der Waals surface area contributed by atoms with E-state index in [9.17, 15) is 9.90 Å². The molecule has 21 heavy (non-hydrogen) atoms. The number of hydrogen-bond donors (Lipinski definition) is 1. The number of hydrogen-bond acceptors (Lipinski definition) is 2. The molecule has 2 nitrogen and oxygen atoms in total. The second kappa shape index (κ2) is 5.63. The molecule has 1 aliphatic rings. The maximum atomic E-state index is 12.5. The Bertz CT molecular complexity index is 751. The van der Waals surface area contributed by atoms with Crippen LogP contribution in [0.25, 0.3) is 5.76 Å². The molecule has 0 fully saturated rings. The fraction of sp³-hybridized carbons (Fsp3) is 0. The van der Waals surface area contributed by atoms with Crippen LogP contribution in [0.4, 0.5) is 0 Å². The van der Waals surface area contributed by atoms with E-state index in [1.807, 2.05) is 48.5 Å². The molecule has 0 saturated heterocycles. The van der Waals surface area contributed by atoms with Crippen molar-refractivity contribution in [2.24, 2.45) is 0 Å². The van der Waals surface area contributed by atoms with Gasteiger partial charge in [-0.2, -0.15) is 0 Å². The maximum Gasteiger partial charge on any atom is 0.193 e. The zero-order chi connectivity index (χ0) is 14.7. The van der Waals surface area contributed by atoms with E-state index in [4.69, 9.17) is 0 Å². The molecule has 1 N–H and O–H groups in total. The van der Waals surface area contributed by atoms with Crippen molar-refractivity contribution in [1.29, 1.82) is 0 Å². The third-order valence-corrected chi connectivity index (χ3v) is 3.40. The maximum absolute atomic E-state index is 12.5. The van der Waals surface area contributed by atoms with Crippen LogP contribution < -0.4 is 0 Å². The average molecular weight is 274 g/mol. The molecule has 2 aromatic carbocycles. The minimum absolute atomic E-state index is 0.0851. The van der Waals surface area contributed by atoms with Crippen LogP contribution in [0.3, 0.4) is 0 Å². The van der Waals surface area contributed by atoms with Crippen molar-refractivity contribution < 1.29 is 9.90 Å². The highest BCUT2D eigenvalue weighted by Gasteiger charge is 2.20. The molecule has 0 atom stereocenters. The Balaban J connectivity index is 2.00. The summed E-state index contributed by atoms with van der Waals surface area (Å²) >= 11 is 0. The van der Waals surface area contributed by atoms with Crippen LogP contribution in [0.2, 0.25) is 0 Å². The molecular formula is C19H14O2. The summed E-state index contributed by atoms with van der Waals surface area (Å²) in [7, 11) is 0. The first-order valence-electron chi connectivity index (χ1n) is 6.74. The highest BCUT2D eigenvalue weighted by Crippen LogP contribution is 2.29. The molecule has 0 spiro atoms. The van der Waals surface area contributed by atoms with Crippen LogP contribution in [0.15, 0.2) is 90.0 Å². The standard InChI is InChI=1S/C19H14O2/c20-18(14-8-3-1-4-9-14)16-12-7-13-17(16)19(21)15-10-5-2-6-11-15/h1-13,20H. The number of allylic oxidation sites excluding steroid dienone is 5. The van der Waals surface area contributed by atoms with Crippen molar-refractivity contribution in [3.05, 3.63) is 101 Å². The monoisotopic (exact) mass is 274 g/mol. The normalized spacial score (nSPS) is 15.7. The van der Waals surface area contributed by atoms with Gasteiger partial charge in [0.25, 0.3) is 0 Å². The molecule has 0 radical (unpaired) electrons. The quantitative estimate of drug-likeness (QED) is 0.668. The Hall–Kier alpha value is -2.87. The smallest absolute Gasteiger partial charge is 0.193 e. The Morgan fingerprint density at radius 3 is 2.00 bits per heavy atom. The molecule has 2 aromatic rings. The summed E-state index contributed by atoms with van der Waals surface area (Å²) in [5, 5.41) is 10.4. The number of Topliss-reactive ketones (excluding diaryl/α,β-unsaturated/α-hetero) is 1. The molecule has 0 saturated carbocycles. The molecule has 0 amide bonds. The highest BCUT2D eigenvalue weighted by molar-refractivity contribution is 6.14. The lowest BCUT2D eigenvalue weighted by Gasteiger charge is -2.08. The molecule has 0 aromatic heterocycles. The lowest BCUT2D eigenvalue weighted by molar-refractivity contribution is 0.103. The van der Waals surface area contributed by atoms with Gasteiger partial charge < -0.3 is 5.11 Å². The van der Waals surface area contributed by atoms with Gasteiger partial charge in [-0.15, -0.1) is 0 Å². The topological polar surface area (TPSA) is 37.3 Å². The summed E-state index contributed by atoms with van der Waals surface area (Å²) in [4.78, 5) is 12.5. The number of aliphatic hydroxyl groups is 1. The number of carbonyl (C=O) groups is 1. The van der Waals surface area contributed by atoms with Gasteiger partial charge in [0.1, 0.15) is 5.76 Å². The minimum atomic E-state index is -0.0851. The number of rotatable bonds is 3. The Labute approximate surface area is 123 Å². The predicted molar refractivity (Wildman–Crippen MR) is 84.0 cm³/mol. The van der Waals surface area contributed by atoms with E-state index >= 15 is 0 Å². The van der Waals surface area contributed by atoms with Gasteiger partial charge in [-0.1, -0.05) is 78.9 Å². The van der Waals surface area contributed by atoms with Crippen molar-refractivity contribution in [2.75, 3.05) is 0 Å². The van der Waals surface area contributed by atoms with E-state index in [1.165, 1.54) is 0 Å². The van der Waals surface area contributed by atoms with Crippen LogP contribution in [-0.2, 0) is 0 Å². The van der Waals surface area contributed by atoms with E-state index in [2.05, 4.69) is 0 Å². The van der Waals surface area contributed by atoms with E-state index in [0.29, 0.717) is 22.3 Å². The number of ketones is 1. The molecule has 0 bridgehead atoms. The Morgan fingerprint density at radius 1 is 0.810 bits per heavy atom. The summed E-state index contributed by atoms with van der Waals surface area (Å²) in [6.07, 6.45) is 5.28. The highest BCUT2D eigenvalue weighted by atomic mass is 16.3. The molecule has 1 aliphatic carbocycles. The first kappa shape index (κ1) is 13.1. The van der Waals surface area contributed by atoms with Gasteiger partial charge >= 0.3 is 0 Å². The van der Waals surface area contributed by atoms with E-state index in [-0.39, 0.29) is 11.5 Å². The summed E-state index contributed by atoms with van der Waals surface area (Å²) in [6, 6.07) is 18.3. The second-order valence-electron chi connectivity index (χ2n) is 4.76. The number of aliphatic hydroxyl groups excluding tert-OH is 1. The molecule has 102 valence electrons. The molecule has 0 heterocycles. The average Bonchev–Trinajstić information content (AvgIpc) is 3.04. The summed E-state index contributed by atoms with van der Waals surface area (Å²) in [5.41, 5.74) is 2.40. The summed E-state index contributed by atoms with van der Waals surface area (Å²) in [6.45, 7) is 0. The van der Waals surface area contributed by atoms with Gasteiger partial charge in [-0.3, -0.25) is 4.79 Å². The first-order valence-corrected chi connectivity index (χ1v) is 6.74. The van der Waals surface area contributed by atoms with Crippen molar-refractivity contribution in [2.45, 2.75) is 0 Å². The van der Waals surface area contributed by atoms with Crippen LogP contribution in [0.1, 0.15) is 15.9 Å². The Morgan fingerprint density at radius 2 is 1.38 bits per heavy atom. The molecule has 2 heteroatoms. The summed E-state index contributed by atoms with van der Waals surface area (Å²) < 4.78 is 0. The van der Waals surface area contributed by atoms with Crippen molar-refractivity contribution in [3.63, 3.8) is 0 Å². The minimum Gasteiger partial charge on any atom is -0.507 e. The first-order chi connectivity index (χ1) is 10.3. The third-order valence-electron chi connectivity index (χ3n) is 3.40. The van der Waals surface area contributed by atoms with Gasteiger partial charge in [0.2, 0.25) is 0 Å². The zero-order valence-electron chi connectivity index (χ0n) is 11.4.